The number of hydrogen-bond donors (Lipinski definition) is 0. The van der Waals surface area contributed by atoms with Gasteiger partial charge in [-0.3, -0.25) is 14.4 Å². The van der Waals surface area contributed by atoms with Gasteiger partial charge in [0.05, 0.1) is 0 Å². The lowest BCUT2D eigenvalue weighted by Crippen LogP contribution is -2.30. The van der Waals surface area contributed by atoms with Crippen molar-refractivity contribution in [3.05, 3.63) is 0 Å². The second kappa shape index (κ2) is 49.4. The number of rotatable bonds is 50. The minimum atomic E-state index is -0.760. The summed E-state index contributed by atoms with van der Waals surface area (Å²) in [6, 6.07) is 0. The highest BCUT2D eigenvalue weighted by Gasteiger charge is 2.19. The predicted octanol–water partition coefficient (Wildman–Crippen LogP) is 17.8. The monoisotopic (exact) mass is 863 g/mol. The minimum absolute atomic E-state index is 0.0623. The van der Waals surface area contributed by atoms with Crippen molar-refractivity contribution in [3.63, 3.8) is 0 Å². The Labute approximate surface area is 380 Å². The van der Waals surface area contributed by atoms with E-state index in [2.05, 4.69) is 27.7 Å². The molecule has 0 aliphatic heterocycles. The molecule has 0 saturated carbocycles. The zero-order valence-electron chi connectivity index (χ0n) is 41.6. The highest BCUT2D eigenvalue weighted by atomic mass is 16.6. The van der Waals surface area contributed by atoms with Crippen LogP contribution in [0.1, 0.15) is 310 Å². The van der Waals surface area contributed by atoms with Crippen molar-refractivity contribution in [2.45, 2.75) is 316 Å². The summed E-state index contributed by atoms with van der Waals surface area (Å²) in [6.07, 6.45) is 52.2. The molecule has 0 aromatic rings. The molecule has 0 radical (unpaired) electrons. The van der Waals surface area contributed by atoms with E-state index in [1.54, 1.807) is 0 Å². The van der Waals surface area contributed by atoms with Gasteiger partial charge in [-0.15, -0.1) is 0 Å². The molecule has 0 aliphatic carbocycles. The summed E-state index contributed by atoms with van der Waals surface area (Å²) in [6.45, 7) is 9.07. The van der Waals surface area contributed by atoms with Crippen molar-refractivity contribution in [2.24, 2.45) is 5.92 Å². The Bertz CT molecular complexity index is 920. The van der Waals surface area contributed by atoms with E-state index >= 15 is 0 Å². The lowest BCUT2D eigenvalue weighted by Gasteiger charge is -2.18. The molecular formula is C55H106O6. The first-order valence-corrected chi connectivity index (χ1v) is 27.4. The molecule has 0 fully saturated rings. The Morgan fingerprint density at radius 1 is 0.328 bits per heavy atom. The Morgan fingerprint density at radius 2 is 0.574 bits per heavy atom. The smallest absolute Gasteiger partial charge is 0.306 e. The fourth-order valence-electron chi connectivity index (χ4n) is 8.36. The van der Waals surface area contributed by atoms with Crippen molar-refractivity contribution in [3.8, 4) is 0 Å². The summed E-state index contributed by atoms with van der Waals surface area (Å²) in [7, 11) is 0. The summed E-state index contributed by atoms with van der Waals surface area (Å²) in [5, 5.41) is 0. The van der Waals surface area contributed by atoms with Crippen molar-refractivity contribution in [1.82, 2.24) is 0 Å². The van der Waals surface area contributed by atoms with Crippen LogP contribution in [0.2, 0.25) is 0 Å². The Balaban J connectivity index is 4.26. The van der Waals surface area contributed by atoms with E-state index in [0.717, 1.165) is 63.7 Å². The Kier molecular flexibility index (Phi) is 48.1. The Hall–Kier alpha value is -1.59. The van der Waals surface area contributed by atoms with E-state index in [9.17, 15) is 14.4 Å². The number of carbonyl (C=O) groups excluding carboxylic acids is 3. The maximum absolute atomic E-state index is 12.8. The van der Waals surface area contributed by atoms with Crippen LogP contribution in [-0.2, 0) is 28.6 Å². The molecule has 2 atom stereocenters. The van der Waals surface area contributed by atoms with Gasteiger partial charge in [-0.1, -0.05) is 272 Å². The van der Waals surface area contributed by atoms with Gasteiger partial charge in [-0.05, 0) is 25.2 Å². The number of ether oxygens (including phenoxy) is 3. The van der Waals surface area contributed by atoms with Crippen molar-refractivity contribution in [2.75, 3.05) is 13.2 Å². The first kappa shape index (κ1) is 59.4. The first-order chi connectivity index (χ1) is 29.9. The molecule has 61 heavy (non-hydrogen) atoms. The molecule has 0 N–H and O–H groups in total. The highest BCUT2D eigenvalue weighted by molar-refractivity contribution is 5.71. The van der Waals surface area contributed by atoms with Gasteiger partial charge in [0.1, 0.15) is 13.2 Å². The molecule has 362 valence electrons. The van der Waals surface area contributed by atoms with E-state index < -0.39 is 6.10 Å². The maximum Gasteiger partial charge on any atom is 0.306 e. The van der Waals surface area contributed by atoms with Crippen molar-refractivity contribution >= 4 is 17.9 Å². The molecule has 0 spiro atoms. The number of unbranched alkanes of at least 4 members (excludes halogenated alkanes) is 36. The van der Waals surface area contributed by atoms with Crippen LogP contribution >= 0.6 is 0 Å². The van der Waals surface area contributed by atoms with Crippen LogP contribution in [0.4, 0.5) is 0 Å². The molecular weight excluding hydrogens is 757 g/mol. The average molecular weight is 863 g/mol. The SMILES string of the molecule is CCCCCCCCCCCCCCCCCC(=O)OC[C@@H](COC(=O)CCCCCCCCCCCC)OC(=O)CCCCCCCCCCCCCCCCC(C)CC. The quantitative estimate of drug-likeness (QED) is 0.0344. The summed E-state index contributed by atoms with van der Waals surface area (Å²) >= 11 is 0. The first-order valence-electron chi connectivity index (χ1n) is 27.4. The van der Waals surface area contributed by atoms with Crippen LogP contribution in [0.5, 0.6) is 0 Å². The topological polar surface area (TPSA) is 78.9 Å². The summed E-state index contributed by atoms with van der Waals surface area (Å²) in [5.74, 6) is 0.0534. The summed E-state index contributed by atoms with van der Waals surface area (Å²) in [4.78, 5) is 38.0. The molecule has 0 heterocycles. The van der Waals surface area contributed by atoms with Gasteiger partial charge in [-0.25, -0.2) is 0 Å². The molecule has 0 rings (SSSR count). The van der Waals surface area contributed by atoms with Gasteiger partial charge in [0.15, 0.2) is 6.10 Å². The van der Waals surface area contributed by atoms with Gasteiger partial charge >= 0.3 is 17.9 Å². The molecule has 0 aromatic heterocycles. The maximum atomic E-state index is 12.8. The van der Waals surface area contributed by atoms with E-state index in [-0.39, 0.29) is 31.1 Å². The van der Waals surface area contributed by atoms with E-state index in [1.807, 2.05) is 0 Å². The van der Waals surface area contributed by atoms with E-state index in [0.29, 0.717) is 19.3 Å². The largest absolute Gasteiger partial charge is 0.462 e. The zero-order valence-corrected chi connectivity index (χ0v) is 41.6. The van der Waals surface area contributed by atoms with Crippen molar-refractivity contribution in [1.29, 1.82) is 0 Å². The van der Waals surface area contributed by atoms with Gasteiger partial charge in [0.25, 0.3) is 0 Å². The molecule has 0 bridgehead atoms. The van der Waals surface area contributed by atoms with Gasteiger partial charge in [0, 0.05) is 19.3 Å². The summed E-state index contributed by atoms with van der Waals surface area (Å²) in [5.41, 5.74) is 0. The minimum Gasteiger partial charge on any atom is -0.462 e. The zero-order chi connectivity index (χ0) is 44.5. The average Bonchev–Trinajstić information content (AvgIpc) is 3.26. The number of hydrogen-bond acceptors (Lipinski definition) is 6. The fourth-order valence-corrected chi connectivity index (χ4v) is 8.36. The molecule has 6 nitrogen and oxygen atoms in total. The van der Waals surface area contributed by atoms with Gasteiger partial charge in [-0.2, -0.15) is 0 Å². The van der Waals surface area contributed by atoms with Crippen LogP contribution in [0.3, 0.4) is 0 Å². The normalized spacial score (nSPS) is 12.4. The lowest BCUT2D eigenvalue weighted by molar-refractivity contribution is -0.167. The molecule has 0 aliphatic rings. The summed E-state index contributed by atoms with van der Waals surface area (Å²) < 4.78 is 16.8. The predicted molar refractivity (Wildman–Crippen MR) is 261 cm³/mol. The van der Waals surface area contributed by atoms with Crippen LogP contribution < -0.4 is 0 Å². The second-order valence-corrected chi connectivity index (χ2v) is 19.1. The Morgan fingerprint density at radius 3 is 0.852 bits per heavy atom. The van der Waals surface area contributed by atoms with Crippen LogP contribution in [0.15, 0.2) is 0 Å². The van der Waals surface area contributed by atoms with Crippen molar-refractivity contribution < 1.29 is 28.6 Å². The van der Waals surface area contributed by atoms with E-state index in [1.165, 1.54) is 205 Å². The lowest BCUT2D eigenvalue weighted by atomic mass is 9.99. The van der Waals surface area contributed by atoms with Gasteiger partial charge < -0.3 is 14.2 Å². The van der Waals surface area contributed by atoms with Crippen LogP contribution in [0, 0.1) is 5.92 Å². The number of esters is 3. The van der Waals surface area contributed by atoms with Gasteiger partial charge in [0.2, 0.25) is 0 Å². The highest BCUT2D eigenvalue weighted by Crippen LogP contribution is 2.18. The van der Waals surface area contributed by atoms with E-state index in [4.69, 9.17) is 14.2 Å². The third-order valence-corrected chi connectivity index (χ3v) is 12.9. The molecule has 6 heteroatoms. The van der Waals surface area contributed by atoms with Crippen LogP contribution in [-0.4, -0.2) is 37.2 Å². The third kappa shape index (κ3) is 47.7. The molecule has 1 unspecified atom stereocenters. The molecule has 0 saturated heterocycles. The van der Waals surface area contributed by atoms with Crippen LogP contribution in [0.25, 0.3) is 0 Å². The fraction of sp³-hybridized carbons (Fsp3) is 0.945. The molecule has 0 aromatic carbocycles. The second-order valence-electron chi connectivity index (χ2n) is 19.1. The third-order valence-electron chi connectivity index (χ3n) is 12.9. The standard InChI is InChI=1S/C55H106O6/c1-5-8-10-12-14-16-18-19-20-24-27-31-35-39-43-47-54(57)60-50-52(49-59-53(56)46-42-38-34-30-17-15-13-11-9-6-2)61-55(58)48-44-40-36-32-28-25-22-21-23-26-29-33-37-41-45-51(4)7-3/h51-52H,5-50H2,1-4H3/t51?,52-/m1/s1. The molecule has 0 amide bonds. The number of carbonyl (C=O) groups is 3.